The number of benzene rings is 1. The molecule has 10 heteroatoms. The number of rotatable bonds is 2. The number of nitrogens with one attached hydrogen (secondary N) is 1. The summed E-state index contributed by atoms with van der Waals surface area (Å²) in [5.41, 5.74) is 3.75. The summed E-state index contributed by atoms with van der Waals surface area (Å²) in [6, 6.07) is 8.73. The van der Waals surface area contributed by atoms with E-state index in [4.69, 9.17) is 22.1 Å². The van der Waals surface area contributed by atoms with Crippen LogP contribution in [0.15, 0.2) is 18.2 Å². The topological polar surface area (TPSA) is 140 Å². The lowest BCUT2D eigenvalue weighted by Gasteiger charge is -2.23. The number of nitriles is 2. The summed E-state index contributed by atoms with van der Waals surface area (Å²) in [7, 11) is 0. The predicted octanol–water partition coefficient (Wildman–Crippen LogP) is 0.234. The van der Waals surface area contributed by atoms with Gasteiger partial charge in [0.15, 0.2) is 10.8 Å². The van der Waals surface area contributed by atoms with Crippen LogP contribution < -0.4 is 10.7 Å². The van der Waals surface area contributed by atoms with Crippen molar-refractivity contribution in [1.29, 1.82) is 10.5 Å². The molecule has 3 aliphatic rings. The average Bonchev–Trinajstić information content (AvgIpc) is 2.83. The molecule has 0 bridgehead atoms. The molecule has 1 saturated heterocycles. The third kappa shape index (κ3) is 1.59. The van der Waals surface area contributed by atoms with E-state index >= 15 is 0 Å². The summed E-state index contributed by atoms with van der Waals surface area (Å²) in [4.78, 5) is 13.6. The Bertz CT molecular complexity index is 932. The van der Waals surface area contributed by atoms with E-state index in [-0.39, 0.29) is 16.5 Å². The molecular formula is C15H11ClN5O3S+. The number of halogens is 1. The minimum absolute atomic E-state index is 0.00661. The molecule has 0 unspecified atom stereocenters. The third-order valence-corrected chi connectivity index (χ3v) is 6.83. The first-order chi connectivity index (χ1) is 11.9. The van der Waals surface area contributed by atoms with Crippen molar-refractivity contribution in [2.24, 2.45) is 16.6 Å². The van der Waals surface area contributed by atoms with Gasteiger partial charge in [-0.2, -0.15) is 10.5 Å². The highest BCUT2D eigenvalue weighted by molar-refractivity contribution is 8.00. The minimum atomic E-state index is -1.30. The molecule has 126 valence electrons. The maximum atomic E-state index is 11.2. The fourth-order valence-corrected chi connectivity index (χ4v) is 5.71. The Kier molecular flexibility index (Phi) is 3.14. The summed E-state index contributed by atoms with van der Waals surface area (Å²) in [6.07, 6.45) is 0. The molecule has 1 saturated carbocycles. The number of fused-ring (bicyclic) bond motifs is 2. The van der Waals surface area contributed by atoms with E-state index in [0.717, 1.165) is 0 Å². The van der Waals surface area contributed by atoms with Crippen molar-refractivity contribution in [3.05, 3.63) is 38.9 Å². The van der Waals surface area contributed by atoms with E-state index in [1.54, 1.807) is 6.07 Å². The number of hydrogen-bond donors (Lipinski definition) is 2. The number of nitrogens with zero attached hydrogens (tertiary/aromatic N) is 3. The SMILES string of the molecule is N#C[C@@]12[C@@H](c3ccc(Cl)c([N+](=O)[O-])c3)[C@]1(C#N)C(N)=[NH+][C@@]21OCCS1. The summed E-state index contributed by atoms with van der Waals surface area (Å²) >= 11 is 7.27. The maximum absolute atomic E-state index is 11.2. The second-order valence-corrected chi connectivity index (χ2v) is 7.77. The maximum Gasteiger partial charge on any atom is 0.288 e. The van der Waals surface area contributed by atoms with Crippen molar-refractivity contribution >= 4 is 34.9 Å². The largest absolute Gasteiger partial charge is 0.327 e. The van der Waals surface area contributed by atoms with Crippen LogP contribution in [0.4, 0.5) is 5.69 Å². The lowest BCUT2D eigenvalue weighted by molar-refractivity contribution is -0.583. The molecule has 0 aromatic heterocycles. The monoisotopic (exact) mass is 376 g/mol. The Morgan fingerprint density at radius 3 is 2.80 bits per heavy atom. The fourth-order valence-electron chi connectivity index (χ4n) is 4.17. The highest BCUT2D eigenvalue weighted by atomic mass is 35.5. The summed E-state index contributed by atoms with van der Waals surface area (Å²) in [5.74, 6) is 0.171. The van der Waals surface area contributed by atoms with Gasteiger partial charge in [0.1, 0.15) is 5.02 Å². The smallest absolute Gasteiger partial charge is 0.288 e. The van der Waals surface area contributed by atoms with Gasteiger partial charge in [0, 0.05) is 17.7 Å². The zero-order valence-corrected chi connectivity index (χ0v) is 14.2. The van der Waals surface area contributed by atoms with Crippen molar-refractivity contribution in [3.63, 3.8) is 0 Å². The molecular weight excluding hydrogens is 366 g/mol. The van der Waals surface area contributed by atoms with Gasteiger partial charge in [-0.15, -0.1) is 0 Å². The molecule has 1 aromatic carbocycles. The van der Waals surface area contributed by atoms with Gasteiger partial charge in [0.2, 0.25) is 0 Å². The number of nitro benzene ring substituents is 1. The van der Waals surface area contributed by atoms with Gasteiger partial charge in [0.25, 0.3) is 16.6 Å². The van der Waals surface area contributed by atoms with Gasteiger partial charge in [-0.25, -0.2) is 4.99 Å². The number of thioether (sulfide) groups is 1. The predicted molar refractivity (Wildman–Crippen MR) is 88.2 cm³/mol. The lowest BCUT2D eigenvalue weighted by Crippen LogP contribution is -2.88. The Morgan fingerprint density at radius 2 is 2.24 bits per heavy atom. The Hall–Kier alpha value is -2.33. The Morgan fingerprint density at radius 1 is 1.48 bits per heavy atom. The second-order valence-electron chi connectivity index (χ2n) is 6.09. The average molecular weight is 377 g/mol. The fraction of sp³-hybridized carbons (Fsp3) is 0.400. The van der Waals surface area contributed by atoms with Crippen molar-refractivity contribution in [2.45, 2.75) is 11.0 Å². The molecule has 1 aromatic rings. The summed E-state index contributed by atoms with van der Waals surface area (Å²) in [5, 5.41) is 29.9. The molecule has 25 heavy (non-hydrogen) atoms. The van der Waals surface area contributed by atoms with Gasteiger partial charge in [-0.05, 0) is 11.6 Å². The van der Waals surface area contributed by atoms with Crippen LogP contribution in [0.1, 0.15) is 11.5 Å². The first kappa shape index (κ1) is 16.2. The van der Waals surface area contributed by atoms with Crippen LogP contribution in [-0.4, -0.2) is 28.2 Å². The quantitative estimate of drug-likeness (QED) is 0.556. The number of nitro groups is 1. The van der Waals surface area contributed by atoms with E-state index in [2.05, 4.69) is 17.1 Å². The zero-order chi connectivity index (χ0) is 18.0. The van der Waals surface area contributed by atoms with Crippen molar-refractivity contribution in [3.8, 4) is 12.1 Å². The molecule has 4 rings (SSSR count). The highest BCUT2D eigenvalue weighted by Crippen LogP contribution is 2.80. The second kappa shape index (κ2) is 4.85. The van der Waals surface area contributed by atoms with Gasteiger partial charge < -0.3 is 4.74 Å². The van der Waals surface area contributed by atoms with E-state index in [1.165, 1.54) is 23.9 Å². The Balaban J connectivity index is 1.92. The van der Waals surface area contributed by atoms with E-state index in [0.29, 0.717) is 17.9 Å². The molecule has 2 aliphatic heterocycles. The van der Waals surface area contributed by atoms with E-state index in [1.807, 2.05) is 0 Å². The van der Waals surface area contributed by atoms with Crippen LogP contribution in [0.3, 0.4) is 0 Å². The Labute approximate surface area is 151 Å². The number of hydrogen-bond acceptors (Lipinski definition) is 7. The zero-order valence-electron chi connectivity index (χ0n) is 12.7. The summed E-state index contributed by atoms with van der Waals surface area (Å²) < 4.78 is 5.82. The molecule has 8 nitrogen and oxygen atoms in total. The molecule has 2 fully saturated rings. The lowest BCUT2D eigenvalue weighted by atomic mass is 9.95. The van der Waals surface area contributed by atoms with Crippen molar-refractivity contribution in [2.75, 3.05) is 12.4 Å². The molecule has 3 N–H and O–H groups in total. The van der Waals surface area contributed by atoms with Crippen LogP contribution in [0.2, 0.25) is 5.02 Å². The minimum Gasteiger partial charge on any atom is -0.327 e. The first-order valence-corrected chi connectivity index (χ1v) is 8.72. The molecule has 0 amide bonds. The molecule has 1 spiro atoms. The van der Waals surface area contributed by atoms with Gasteiger partial charge in [-0.3, -0.25) is 15.8 Å². The number of amidine groups is 1. The summed E-state index contributed by atoms with van der Waals surface area (Å²) in [6.45, 7) is 0.420. The van der Waals surface area contributed by atoms with Crippen molar-refractivity contribution in [1.82, 2.24) is 0 Å². The van der Waals surface area contributed by atoms with Crippen molar-refractivity contribution < 1.29 is 14.7 Å². The molecule has 2 heterocycles. The van der Waals surface area contributed by atoms with Crippen LogP contribution in [0.25, 0.3) is 0 Å². The number of ether oxygens (including phenoxy) is 1. The van der Waals surface area contributed by atoms with Crippen LogP contribution >= 0.6 is 23.4 Å². The molecule has 0 radical (unpaired) electrons. The van der Waals surface area contributed by atoms with Gasteiger partial charge in [0.05, 0.1) is 23.7 Å². The van der Waals surface area contributed by atoms with E-state index < -0.39 is 26.7 Å². The molecule has 1 aliphatic carbocycles. The van der Waals surface area contributed by atoms with Gasteiger partial charge >= 0.3 is 0 Å². The van der Waals surface area contributed by atoms with Crippen LogP contribution in [0, 0.1) is 43.6 Å². The number of nitrogens with two attached hydrogens (primary N) is 1. The van der Waals surface area contributed by atoms with Crippen LogP contribution in [-0.2, 0) is 4.74 Å². The highest BCUT2D eigenvalue weighted by Gasteiger charge is 2.96. The normalized spacial score (nSPS) is 37.9. The van der Waals surface area contributed by atoms with E-state index in [9.17, 15) is 20.6 Å². The first-order valence-electron chi connectivity index (χ1n) is 7.35. The third-order valence-electron chi connectivity index (χ3n) is 5.19. The van der Waals surface area contributed by atoms with Gasteiger partial charge in [-0.1, -0.05) is 29.4 Å². The standard InChI is InChI=1S/C15H10ClN5O3S/c16-9-2-1-8(5-10(9)21(22)23)11-13(6-17)12(19)20-15(14(11,13)7-18)24-3-4-25-15/h1-2,5,11H,3-4H2,(H2,19,20)/p+1/t11-,13+,14+,15+/m0/s1. The molecule has 4 atom stereocenters. The van der Waals surface area contributed by atoms with Crippen LogP contribution in [0.5, 0.6) is 0 Å².